The molecule has 1 saturated carbocycles. The SMILES string of the molecule is O=C(CCN1C(=O)NC2(CCCCC2)C1=O)Nc1ccc(C(=O)Nc2nccs2)cc1. The number of amides is 5. The second kappa shape index (κ2) is 8.84. The second-order valence-electron chi connectivity index (χ2n) is 7.70. The van der Waals surface area contributed by atoms with Gasteiger partial charge in [0, 0.05) is 35.8 Å². The van der Waals surface area contributed by atoms with Crippen LogP contribution in [0.15, 0.2) is 35.8 Å². The summed E-state index contributed by atoms with van der Waals surface area (Å²) in [6.07, 6.45) is 5.81. The van der Waals surface area contributed by atoms with Crippen LogP contribution in [0.1, 0.15) is 48.9 Å². The molecule has 4 rings (SSSR count). The highest BCUT2D eigenvalue weighted by atomic mass is 32.1. The number of rotatable bonds is 6. The van der Waals surface area contributed by atoms with Gasteiger partial charge >= 0.3 is 6.03 Å². The predicted molar refractivity (Wildman–Crippen MR) is 116 cm³/mol. The average molecular weight is 442 g/mol. The van der Waals surface area contributed by atoms with Gasteiger partial charge in [-0.15, -0.1) is 11.3 Å². The molecule has 1 spiro atoms. The van der Waals surface area contributed by atoms with Crippen molar-refractivity contribution in [3.8, 4) is 0 Å². The summed E-state index contributed by atoms with van der Waals surface area (Å²) in [5.74, 6) is -0.825. The van der Waals surface area contributed by atoms with Crippen LogP contribution >= 0.6 is 11.3 Å². The van der Waals surface area contributed by atoms with Crippen LogP contribution in [0.25, 0.3) is 0 Å². The van der Waals surface area contributed by atoms with E-state index in [9.17, 15) is 19.2 Å². The van der Waals surface area contributed by atoms with Crippen molar-refractivity contribution in [3.05, 3.63) is 41.4 Å². The summed E-state index contributed by atoms with van der Waals surface area (Å²) in [5.41, 5.74) is 0.183. The van der Waals surface area contributed by atoms with E-state index in [1.54, 1.807) is 35.8 Å². The molecule has 2 fully saturated rings. The summed E-state index contributed by atoms with van der Waals surface area (Å²) in [7, 11) is 0. The van der Waals surface area contributed by atoms with Crippen LogP contribution in [-0.2, 0) is 9.59 Å². The van der Waals surface area contributed by atoms with Crippen molar-refractivity contribution in [2.75, 3.05) is 17.2 Å². The van der Waals surface area contributed by atoms with Crippen molar-refractivity contribution in [1.29, 1.82) is 0 Å². The number of anilines is 2. The Kier molecular flexibility index (Phi) is 5.99. The minimum Gasteiger partial charge on any atom is -0.326 e. The van der Waals surface area contributed by atoms with Crippen molar-refractivity contribution < 1.29 is 19.2 Å². The molecule has 2 aromatic rings. The van der Waals surface area contributed by atoms with Crippen LogP contribution in [0.4, 0.5) is 15.6 Å². The lowest BCUT2D eigenvalue weighted by molar-refractivity contribution is -0.132. The van der Waals surface area contributed by atoms with Gasteiger partial charge in [-0.3, -0.25) is 24.6 Å². The molecule has 1 aromatic carbocycles. The smallest absolute Gasteiger partial charge is 0.325 e. The van der Waals surface area contributed by atoms with Crippen molar-refractivity contribution in [3.63, 3.8) is 0 Å². The van der Waals surface area contributed by atoms with Crippen LogP contribution in [-0.4, -0.2) is 45.7 Å². The van der Waals surface area contributed by atoms with Gasteiger partial charge in [-0.25, -0.2) is 9.78 Å². The molecule has 162 valence electrons. The highest BCUT2D eigenvalue weighted by Gasteiger charge is 2.51. The highest BCUT2D eigenvalue weighted by molar-refractivity contribution is 7.13. The van der Waals surface area contributed by atoms with Crippen LogP contribution in [0.5, 0.6) is 0 Å². The van der Waals surface area contributed by atoms with Gasteiger partial charge < -0.3 is 10.6 Å². The maximum absolute atomic E-state index is 12.7. The van der Waals surface area contributed by atoms with Crippen LogP contribution in [0, 0.1) is 0 Å². The van der Waals surface area contributed by atoms with E-state index in [1.165, 1.54) is 11.3 Å². The maximum Gasteiger partial charge on any atom is 0.325 e. The highest BCUT2D eigenvalue weighted by Crippen LogP contribution is 2.33. The Morgan fingerprint density at radius 2 is 1.84 bits per heavy atom. The van der Waals surface area contributed by atoms with E-state index in [1.807, 2.05) is 0 Å². The molecule has 1 aliphatic heterocycles. The van der Waals surface area contributed by atoms with Crippen LogP contribution in [0.2, 0.25) is 0 Å². The van der Waals surface area contributed by atoms with E-state index in [4.69, 9.17) is 0 Å². The van der Waals surface area contributed by atoms with Crippen LogP contribution < -0.4 is 16.0 Å². The van der Waals surface area contributed by atoms with E-state index in [2.05, 4.69) is 20.9 Å². The largest absolute Gasteiger partial charge is 0.326 e. The fourth-order valence-corrected chi connectivity index (χ4v) is 4.49. The molecule has 0 radical (unpaired) electrons. The fourth-order valence-electron chi connectivity index (χ4n) is 3.97. The number of hydrogen-bond donors (Lipinski definition) is 3. The normalized spacial score (nSPS) is 17.5. The topological polar surface area (TPSA) is 121 Å². The first-order valence-corrected chi connectivity index (χ1v) is 11.1. The van der Waals surface area contributed by atoms with Crippen molar-refractivity contribution in [1.82, 2.24) is 15.2 Å². The van der Waals surface area contributed by atoms with Crippen molar-refractivity contribution in [2.24, 2.45) is 0 Å². The van der Waals surface area contributed by atoms with Gasteiger partial charge in [0.05, 0.1) is 0 Å². The number of carbonyl (C=O) groups excluding carboxylic acids is 4. The number of hydrogen-bond acceptors (Lipinski definition) is 6. The lowest BCUT2D eigenvalue weighted by atomic mass is 9.82. The summed E-state index contributed by atoms with van der Waals surface area (Å²) < 4.78 is 0. The summed E-state index contributed by atoms with van der Waals surface area (Å²) >= 11 is 1.32. The lowest BCUT2D eigenvalue weighted by Crippen LogP contribution is -2.48. The Bertz CT molecular complexity index is 984. The van der Waals surface area contributed by atoms with E-state index in [0.717, 1.165) is 24.2 Å². The van der Waals surface area contributed by atoms with Gasteiger partial charge in [0.15, 0.2) is 5.13 Å². The number of imide groups is 1. The number of nitrogens with zero attached hydrogens (tertiary/aromatic N) is 2. The number of carbonyl (C=O) groups is 4. The molecule has 0 atom stereocenters. The Labute approximate surface area is 183 Å². The molecule has 5 amide bonds. The molecule has 31 heavy (non-hydrogen) atoms. The van der Waals surface area contributed by atoms with Gasteiger partial charge in [0.2, 0.25) is 5.91 Å². The Hall–Kier alpha value is -3.27. The van der Waals surface area contributed by atoms with E-state index in [-0.39, 0.29) is 30.7 Å². The molecule has 0 unspecified atom stereocenters. The molecule has 1 aromatic heterocycles. The predicted octanol–water partition coefficient (Wildman–Crippen LogP) is 2.98. The molecule has 1 aliphatic carbocycles. The number of nitrogens with one attached hydrogen (secondary N) is 3. The first-order chi connectivity index (χ1) is 15.0. The molecule has 3 N–H and O–H groups in total. The standard InChI is InChI=1S/C21H23N5O4S/c27-16(8-12-26-18(29)21(25-20(26)30)9-2-1-3-10-21)23-15-6-4-14(5-7-15)17(28)24-19-22-11-13-31-19/h4-7,11,13H,1-3,8-10,12H2,(H,23,27)(H,25,30)(H,22,24,28). The minimum absolute atomic E-state index is 0.00151. The number of benzene rings is 1. The van der Waals surface area contributed by atoms with Gasteiger partial charge in [0.25, 0.3) is 11.8 Å². The molecule has 2 aliphatic rings. The first kappa shape index (κ1) is 21.0. The molecule has 2 heterocycles. The minimum atomic E-state index is -0.777. The molecular weight excluding hydrogens is 418 g/mol. The zero-order chi connectivity index (χ0) is 21.8. The van der Waals surface area contributed by atoms with Gasteiger partial charge in [-0.2, -0.15) is 0 Å². The number of urea groups is 1. The zero-order valence-corrected chi connectivity index (χ0v) is 17.7. The third-order valence-corrected chi connectivity index (χ3v) is 6.29. The monoisotopic (exact) mass is 441 g/mol. The summed E-state index contributed by atoms with van der Waals surface area (Å²) in [5, 5.41) is 10.5. The quantitative estimate of drug-likeness (QED) is 0.595. The third kappa shape index (κ3) is 4.58. The Morgan fingerprint density at radius 1 is 1.10 bits per heavy atom. The number of aromatic nitrogens is 1. The fraction of sp³-hybridized carbons (Fsp3) is 0.381. The molecular formula is C21H23N5O4S. The van der Waals surface area contributed by atoms with E-state index in [0.29, 0.717) is 29.2 Å². The Morgan fingerprint density at radius 3 is 2.52 bits per heavy atom. The van der Waals surface area contributed by atoms with Crippen molar-refractivity contribution in [2.45, 2.75) is 44.1 Å². The van der Waals surface area contributed by atoms with Crippen molar-refractivity contribution >= 4 is 45.9 Å². The average Bonchev–Trinajstić information content (AvgIpc) is 3.34. The summed E-state index contributed by atoms with van der Waals surface area (Å²) in [6, 6.07) is 6.03. The Balaban J connectivity index is 1.28. The third-order valence-electron chi connectivity index (χ3n) is 5.60. The van der Waals surface area contributed by atoms with Gasteiger partial charge in [-0.1, -0.05) is 19.3 Å². The first-order valence-electron chi connectivity index (χ1n) is 10.2. The van der Waals surface area contributed by atoms with E-state index >= 15 is 0 Å². The molecule has 0 bridgehead atoms. The van der Waals surface area contributed by atoms with Crippen LogP contribution in [0.3, 0.4) is 0 Å². The molecule has 10 heteroatoms. The second-order valence-corrected chi connectivity index (χ2v) is 8.59. The van der Waals surface area contributed by atoms with Gasteiger partial charge in [0.1, 0.15) is 5.54 Å². The van der Waals surface area contributed by atoms with E-state index < -0.39 is 11.6 Å². The maximum atomic E-state index is 12.7. The molecule has 1 saturated heterocycles. The summed E-state index contributed by atoms with van der Waals surface area (Å²) in [6.45, 7) is 0.0343. The number of thiazole rings is 1. The van der Waals surface area contributed by atoms with Gasteiger partial charge in [-0.05, 0) is 37.1 Å². The lowest BCUT2D eigenvalue weighted by Gasteiger charge is -2.30. The zero-order valence-electron chi connectivity index (χ0n) is 16.8. The summed E-state index contributed by atoms with van der Waals surface area (Å²) in [4.78, 5) is 54.7. The molecule has 9 nitrogen and oxygen atoms in total.